The summed E-state index contributed by atoms with van der Waals surface area (Å²) in [6.45, 7) is 4.41. The Morgan fingerprint density at radius 3 is 2.96 bits per heavy atom. The van der Waals surface area contributed by atoms with Gasteiger partial charge in [0.15, 0.2) is 11.4 Å². The van der Waals surface area contributed by atoms with E-state index in [0.717, 1.165) is 18.4 Å². The van der Waals surface area contributed by atoms with Gasteiger partial charge in [0.1, 0.15) is 5.57 Å². The van der Waals surface area contributed by atoms with Crippen LogP contribution in [-0.2, 0) is 14.3 Å². The summed E-state index contributed by atoms with van der Waals surface area (Å²) < 4.78 is 11.3. The van der Waals surface area contributed by atoms with E-state index in [-0.39, 0.29) is 17.4 Å². The molecule has 0 saturated heterocycles. The Hall–Kier alpha value is -1.52. The molecule has 1 aromatic rings. The highest BCUT2D eigenvalue weighted by atomic mass is 35.5. The van der Waals surface area contributed by atoms with Crippen molar-refractivity contribution in [3.05, 3.63) is 40.1 Å². The van der Waals surface area contributed by atoms with Crippen molar-refractivity contribution in [3.8, 4) is 0 Å². The summed E-state index contributed by atoms with van der Waals surface area (Å²) >= 11 is 6.27. The van der Waals surface area contributed by atoms with Crippen molar-refractivity contribution in [2.24, 2.45) is 0 Å². The zero-order valence-corrected chi connectivity index (χ0v) is 14.2. The summed E-state index contributed by atoms with van der Waals surface area (Å²) in [7, 11) is 0. The number of aliphatic hydroxyl groups excluding tert-OH is 1. The van der Waals surface area contributed by atoms with Gasteiger partial charge in [-0.2, -0.15) is 0 Å². The lowest BCUT2D eigenvalue weighted by molar-refractivity contribution is -0.154. The molecule has 3 rings (SSSR count). The highest BCUT2D eigenvalue weighted by Gasteiger charge is 2.51. The first kappa shape index (κ1) is 16.3. The van der Waals surface area contributed by atoms with E-state index in [2.05, 4.69) is 0 Å². The Balaban J connectivity index is 2.04. The number of rotatable bonds is 3. The average molecular weight is 337 g/mol. The minimum absolute atomic E-state index is 0.00287. The highest BCUT2D eigenvalue weighted by molar-refractivity contribution is 6.35. The van der Waals surface area contributed by atoms with Gasteiger partial charge < -0.3 is 14.6 Å². The SMILES string of the molecule is CCOC1CCCC2(C1)OC(=O)C(c1c(C)cccc1Cl)=C2O. The van der Waals surface area contributed by atoms with Gasteiger partial charge in [-0.05, 0) is 44.7 Å². The van der Waals surface area contributed by atoms with E-state index in [1.807, 2.05) is 26.0 Å². The number of hydrogen-bond acceptors (Lipinski definition) is 4. The van der Waals surface area contributed by atoms with Crippen molar-refractivity contribution >= 4 is 23.1 Å². The van der Waals surface area contributed by atoms with Gasteiger partial charge in [0.2, 0.25) is 0 Å². The van der Waals surface area contributed by atoms with Gasteiger partial charge in [0.25, 0.3) is 0 Å². The minimum atomic E-state index is -0.962. The van der Waals surface area contributed by atoms with Crippen LogP contribution < -0.4 is 0 Å². The molecule has 1 heterocycles. The molecular formula is C18H21ClO4. The van der Waals surface area contributed by atoms with Crippen molar-refractivity contribution in [2.75, 3.05) is 6.61 Å². The molecule has 23 heavy (non-hydrogen) atoms. The third-order valence-corrected chi connectivity index (χ3v) is 5.01. The predicted octanol–water partition coefficient (Wildman–Crippen LogP) is 4.19. The number of benzene rings is 1. The summed E-state index contributed by atoms with van der Waals surface area (Å²) in [5.74, 6) is -0.501. The van der Waals surface area contributed by atoms with Gasteiger partial charge in [-0.25, -0.2) is 4.79 Å². The van der Waals surface area contributed by atoms with Gasteiger partial charge in [-0.15, -0.1) is 0 Å². The van der Waals surface area contributed by atoms with Crippen LogP contribution in [0.15, 0.2) is 24.0 Å². The highest BCUT2D eigenvalue weighted by Crippen LogP contribution is 2.47. The van der Waals surface area contributed by atoms with Crippen molar-refractivity contribution in [2.45, 2.75) is 51.2 Å². The Bertz CT molecular complexity index is 645. The fourth-order valence-corrected chi connectivity index (χ4v) is 3.96. The van der Waals surface area contributed by atoms with Crippen LogP contribution in [0.3, 0.4) is 0 Å². The molecule has 1 spiro atoms. The molecule has 0 bridgehead atoms. The molecule has 4 nitrogen and oxygen atoms in total. The lowest BCUT2D eigenvalue weighted by atomic mass is 9.80. The van der Waals surface area contributed by atoms with E-state index in [1.165, 1.54) is 0 Å². The Morgan fingerprint density at radius 2 is 2.26 bits per heavy atom. The molecule has 1 aliphatic carbocycles. The van der Waals surface area contributed by atoms with Gasteiger partial charge >= 0.3 is 5.97 Å². The molecule has 0 amide bonds. The molecule has 1 saturated carbocycles. The van der Waals surface area contributed by atoms with Gasteiger partial charge in [0, 0.05) is 23.6 Å². The Labute approximate surface area is 141 Å². The number of aryl methyl sites for hydroxylation is 1. The summed E-state index contributed by atoms with van der Waals surface area (Å²) in [6, 6.07) is 5.40. The number of aliphatic hydroxyl groups is 1. The third-order valence-electron chi connectivity index (χ3n) is 4.70. The fraction of sp³-hybridized carbons (Fsp3) is 0.500. The van der Waals surface area contributed by atoms with E-state index >= 15 is 0 Å². The maximum atomic E-state index is 12.5. The van der Waals surface area contributed by atoms with E-state index in [4.69, 9.17) is 21.1 Å². The Kier molecular flexibility index (Phi) is 4.39. The van der Waals surface area contributed by atoms with Crippen molar-refractivity contribution in [1.82, 2.24) is 0 Å². The van der Waals surface area contributed by atoms with E-state index in [1.54, 1.807) is 6.07 Å². The molecule has 2 atom stereocenters. The molecule has 1 aliphatic heterocycles. The van der Waals surface area contributed by atoms with Gasteiger partial charge in [0.05, 0.1) is 6.10 Å². The lowest BCUT2D eigenvalue weighted by Gasteiger charge is -2.36. The minimum Gasteiger partial charge on any atom is -0.507 e. The second-order valence-electron chi connectivity index (χ2n) is 6.21. The maximum Gasteiger partial charge on any atom is 0.343 e. The molecule has 0 aromatic heterocycles. The molecule has 2 unspecified atom stereocenters. The first-order valence-electron chi connectivity index (χ1n) is 8.02. The average Bonchev–Trinajstić information content (AvgIpc) is 2.72. The lowest BCUT2D eigenvalue weighted by Crippen LogP contribution is -2.41. The number of esters is 1. The number of carbonyl (C=O) groups is 1. The van der Waals surface area contributed by atoms with E-state index < -0.39 is 11.6 Å². The maximum absolute atomic E-state index is 12.5. The number of hydrogen-bond donors (Lipinski definition) is 1. The van der Waals surface area contributed by atoms with Crippen LogP contribution in [0.1, 0.15) is 43.7 Å². The summed E-state index contributed by atoms with van der Waals surface area (Å²) in [4.78, 5) is 12.5. The topological polar surface area (TPSA) is 55.8 Å². The van der Waals surface area contributed by atoms with Gasteiger partial charge in [-0.1, -0.05) is 23.7 Å². The second kappa shape index (κ2) is 6.17. The molecular weight excluding hydrogens is 316 g/mol. The molecule has 124 valence electrons. The van der Waals surface area contributed by atoms with E-state index in [9.17, 15) is 9.90 Å². The Morgan fingerprint density at radius 1 is 1.48 bits per heavy atom. The van der Waals surface area contributed by atoms with Crippen LogP contribution in [-0.4, -0.2) is 29.4 Å². The van der Waals surface area contributed by atoms with Gasteiger partial charge in [-0.3, -0.25) is 0 Å². The van der Waals surface area contributed by atoms with Crippen LogP contribution in [0.2, 0.25) is 5.02 Å². The molecule has 5 heteroatoms. The number of ether oxygens (including phenoxy) is 2. The van der Waals surface area contributed by atoms with Crippen LogP contribution >= 0.6 is 11.6 Å². The zero-order chi connectivity index (χ0) is 16.6. The fourth-order valence-electron chi connectivity index (χ4n) is 3.64. The summed E-state index contributed by atoms with van der Waals surface area (Å²) in [6.07, 6.45) is 2.86. The summed E-state index contributed by atoms with van der Waals surface area (Å²) in [5.41, 5.74) is 0.637. The molecule has 1 fully saturated rings. The first-order valence-corrected chi connectivity index (χ1v) is 8.40. The van der Waals surface area contributed by atoms with Crippen LogP contribution in [0, 0.1) is 6.92 Å². The zero-order valence-electron chi connectivity index (χ0n) is 13.4. The van der Waals surface area contributed by atoms with Crippen molar-refractivity contribution in [3.63, 3.8) is 0 Å². The molecule has 1 aromatic carbocycles. The smallest absolute Gasteiger partial charge is 0.343 e. The molecule has 0 radical (unpaired) electrons. The third kappa shape index (κ3) is 2.74. The van der Waals surface area contributed by atoms with Crippen molar-refractivity contribution in [1.29, 1.82) is 0 Å². The standard InChI is InChI=1S/C18H21ClO4/c1-3-22-12-7-5-9-18(10-12)16(20)15(17(21)23-18)14-11(2)6-4-8-13(14)19/h4,6,8,12,20H,3,5,7,9-10H2,1-2H3. The number of halogens is 1. The van der Waals surface area contributed by atoms with Crippen LogP contribution in [0.4, 0.5) is 0 Å². The normalized spacial score (nSPS) is 27.6. The predicted molar refractivity (Wildman–Crippen MR) is 88.4 cm³/mol. The molecule has 2 aliphatic rings. The monoisotopic (exact) mass is 336 g/mol. The van der Waals surface area contributed by atoms with E-state index in [0.29, 0.717) is 30.0 Å². The summed E-state index contributed by atoms with van der Waals surface area (Å²) in [5, 5.41) is 11.3. The van der Waals surface area contributed by atoms with Crippen LogP contribution in [0.25, 0.3) is 5.57 Å². The number of carbonyl (C=O) groups excluding carboxylic acids is 1. The second-order valence-corrected chi connectivity index (χ2v) is 6.62. The van der Waals surface area contributed by atoms with Crippen LogP contribution in [0.5, 0.6) is 0 Å². The largest absolute Gasteiger partial charge is 0.507 e. The quantitative estimate of drug-likeness (QED) is 0.841. The first-order chi connectivity index (χ1) is 11.0. The van der Waals surface area contributed by atoms with Crippen molar-refractivity contribution < 1.29 is 19.4 Å². The molecule has 1 N–H and O–H groups in total.